The van der Waals surface area contributed by atoms with Crippen LogP contribution in [0.1, 0.15) is 11.7 Å². The summed E-state index contributed by atoms with van der Waals surface area (Å²) in [6.07, 6.45) is 0.238. The van der Waals surface area contributed by atoms with Crippen LogP contribution in [0.3, 0.4) is 0 Å². The van der Waals surface area contributed by atoms with Gasteiger partial charge in [0.2, 0.25) is 5.89 Å². The standard InChI is InChI=1S/C16H16N4O4/c21-10-2-1-3-11-16(10)19-15(24-11)8-12-17-13(9-14(22)18-12)20-4-6-23-7-5-20/h1-3,9,21H,4-8H2,(H,17,18,22). The number of rotatable bonds is 3. The van der Waals surface area contributed by atoms with Crippen molar-refractivity contribution >= 4 is 16.9 Å². The molecule has 2 aromatic heterocycles. The van der Waals surface area contributed by atoms with Crippen LogP contribution >= 0.6 is 0 Å². The molecular weight excluding hydrogens is 312 g/mol. The molecular formula is C16H16N4O4. The average Bonchev–Trinajstić information content (AvgIpc) is 2.99. The van der Waals surface area contributed by atoms with Crippen LogP contribution in [0.2, 0.25) is 0 Å². The predicted octanol–water partition coefficient (Wildman–Crippen LogP) is 1.04. The summed E-state index contributed by atoms with van der Waals surface area (Å²) in [7, 11) is 0. The third kappa shape index (κ3) is 2.83. The van der Waals surface area contributed by atoms with Gasteiger partial charge < -0.3 is 24.1 Å². The van der Waals surface area contributed by atoms with E-state index in [0.717, 1.165) is 0 Å². The van der Waals surface area contributed by atoms with E-state index in [9.17, 15) is 9.90 Å². The number of nitrogens with zero attached hydrogens (tertiary/aromatic N) is 3. The summed E-state index contributed by atoms with van der Waals surface area (Å²) in [6.45, 7) is 2.64. The first-order valence-corrected chi connectivity index (χ1v) is 7.69. The van der Waals surface area contributed by atoms with Crippen LogP contribution in [-0.2, 0) is 11.2 Å². The van der Waals surface area contributed by atoms with E-state index in [1.54, 1.807) is 18.2 Å². The summed E-state index contributed by atoms with van der Waals surface area (Å²) in [5, 5.41) is 9.79. The second kappa shape index (κ2) is 5.97. The van der Waals surface area contributed by atoms with Crippen molar-refractivity contribution in [2.45, 2.75) is 6.42 Å². The number of anilines is 1. The Balaban J connectivity index is 1.64. The molecule has 1 fully saturated rings. The lowest BCUT2D eigenvalue weighted by atomic mass is 10.3. The number of fused-ring (bicyclic) bond motifs is 1. The van der Waals surface area contributed by atoms with Crippen molar-refractivity contribution < 1.29 is 14.3 Å². The Labute approximate surface area is 136 Å². The molecule has 2 N–H and O–H groups in total. The lowest BCUT2D eigenvalue weighted by molar-refractivity contribution is 0.122. The monoisotopic (exact) mass is 328 g/mol. The molecule has 8 nitrogen and oxygen atoms in total. The second-order valence-electron chi connectivity index (χ2n) is 5.56. The minimum Gasteiger partial charge on any atom is -0.506 e. The quantitative estimate of drug-likeness (QED) is 0.740. The number of phenols is 1. The Hall–Kier alpha value is -2.87. The summed E-state index contributed by atoms with van der Waals surface area (Å²) >= 11 is 0. The van der Waals surface area contributed by atoms with Crippen molar-refractivity contribution in [3.8, 4) is 5.75 Å². The maximum Gasteiger partial charge on any atom is 0.252 e. The molecule has 0 atom stereocenters. The molecule has 0 radical (unpaired) electrons. The molecule has 4 rings (SSSR count). The molecule has 1 aliphatic heterocycles. The van der Waals surface area contributed by atoms with E-state index in [-0.39, 0.29) is 17.7 Å². The van der Waals surface area contributed by atoms with Gasteiger partial charge in [-0.3, -0.25) is 4.79 Å². The van der Waals surface area contributed by atoms with E-state index in [1.807, 2.05) is 4.90 Å². The first kappa shape index (κ1) is 14.7. The van der Waals surface area contributed by atoms with Crippen molar-refractivity contribution in [2.24, 2.45) is 0 Å². The van der Waals surface area contributed by atoms with Gasteiger partial charge in [0.1, 0.15) is 17.4 Å². The predicted molar refractivity (Wildman–Crippen MR) is 86.4 cm³/mol. The zero-order valence-electron chi connectivity index (χ0n) is 12.9. The highest BCUT2D eigenvalue weighted by Gasteiger charge is 2.16. The molecule has 3 heterocycles. The Morgan fingerprint density at radius 2 is 2.08 bits per heavy atom. The van der Waals surface area contributed by atoms with Crippen molar-refractivity contribution in [2.75, 3.05) is 31.2 Å². The van der Waals surface area contributed by atoms with Crippen LogP contribution in [0.25, 0.3) is 11.1 Å². The van der Waals surface area contributed by atoms with Gasteiger partial charge >= 0.3 is 0 Å². The molecule has 1 aliphatic rings. The number of nitrogens with one attached hydrogen (secondary N) is 1. The number of oxazole rings is 1. The maximum absolute atomic E-state index is 11.9. The molecule has 0 spiro atoms. The highest BCUT2D eigenvalue weighted by Crippen LogP contribution is 2.25. The molecule has 1 saturated heterocycles. The number of H-pyrrole nitrogens is 1. The first-order chi connectivity index (χ1) is 11.7. The highest BCUT2D eigenvalue weighted by molar-refractivity contribution is 5.79. The Morgan fingerprint density at radius 1 is 1.25 bits per heavy atom. The van der Waals surface area contributed by atoms with Gasteiger partial charge in [0.05, 0.1) is 19.6 Å². The van der Waals surface area contributed by atoms with E-state index in [1.165, 1.54) is 6.07 Å². The van der Waals surface area contributed by atoms with Crippen LogP contribution < -0.4 is 10.5 Å². The lowest BCUT2D eigenvalue weighted by Gasteiger charge is -2.27. The fourth-order valence-corrected chi connectivity index (χ4v) is 2.73. The molecule has 0 amide bonds. The fraction of sp³-hybridized carbons (Fsp3) is 0.312. The highest BCUT2D eigenvalue weighted by atomic mass is 16.5. The van der Waals surface area contributed by atoms with Crippen LogP contribution in [-0.4, -0.2) is 46.4 Å². The van der Waals surface area contributed by atoms with Crippen molar-refractivity contribution in [3.63, 3.8) is 0 Å². The molecule has 1 aromatic carbocycles. The van der Waals surface area contributed by atoms with Gasteiger partial charge in [-0.2, -0.15) is 0 Å². The number of hydrogen-bond acceptors (Lipinski definition) is 7. The minimum absolute atomic E-state index is 0.0611. The van der Waals surface area contributed by atoms with Crippen LogP contribution in [0.5, 0.6) is 5.75 Å². The third-order valence-corrected chi connectivity index (χ3v) is 3.87. The molecule has 3 aromatic rings. The fourth-order valence-electron chi connectivity index (χ4n) is 2.73. The topological polar surface area (TPSA) is 104 Å². The van der Waals surface area contributed by atoms with Gasteiger partial charge in [-0.1, -0.05) is 6.07 Å². The summed E-state index contributed by atoms with van der Waals surface area (Å²) in [4.78, 5) is 25.4. The number of ether oxygens (including phenoxy) is 1. The van der Waals surface area contributed by atoms with Crippen LogP contribution in [0.4, 0.5) is 5.82 Å². The van der Waals surface area contributed by atoms with Gasteiger partial charge in [0, 0.05) is 19.2 Å². The van der Waals surface area contributed by atoms with E-state index in [4.69, 9.17) is 9.15 Å². The molecule has 0 bridgehead atoms. The number of phenolic OH excluding ortho intramolecular Hbond substituents is 1. The number of para-hydroxylation sites is 1. The number of aromatic amines is 1. The maximum atomic E-state index is 11.9. The Bertz CT molecular complexity index is 927. The number of aromatic hydroxyl groups is 1. The van der Waals surface area contributed by atoms with Crippen molar-refractivity contribution in [1.82, 2.24) is 15.0 Å². The van der Waals surface area contributed by atoms with Gasteiger partial charge in [-0.25, -0.2) is 9.97 Å². The smallest absolute Gasteiger partial charge is 0.252 e. The third-order valence-electron chi connectivity index (χ3n) is 3.87. The van der Waals surface area contributed by atoms with Gasteiger partial charge in [0.25, 0.3) is 5.56 Å². The summed E-state index contributed by atoms with van der Waals surface area (Å²) in [6, 6.07) is 6.44. The van der Waals surface area contributed by atoms with Gasteiger partial charge in [-0.05, 0) is 12.1 Å². The largest absolute Gasteiger partial charge is 0.506 e. The first-order valence-electron chi connectivity index (χ1n) is 7.69. The molecule has 24 heavy (non-hydrogen) atoms. The second-order valence-corrected chi connectivity index (χ2v) is 5.56. The number of hydrogen-bond donors (Lipinski definition) is 2. The molecule has 0 saturated carbocycles. The van der Waals surface area contributed by atoms with Crippen LogP contribution in [0, 0.1) is 0 Å². The Kier molecular flexibility index (Phi) is 3.66. The number of aromatic nitrogens is 3. The van der Waals surface area contributed by atoms with Crippen molar-refractivity contribution in [3.05, 3.63) is 46.3 Å². The molecule has 0 aliphatic carbocycles. The van der Waals surface area contributed by atoms with Crippen molar-refractivity contribution in [1.29, 1.82) is 0 Å². The van der Waals surface area contributed by atoms with Gasteiger partial charge in [-0.15, -0.1) is 0 Å². The zero-order valence-corrected chi connectivity index (χ0v) is 12.9. The summed E-state index contributed by atoms with van der Waals surface area (Å²) < 4.78 is 10.9. The normalized spacial score (nSPS) is 15.1. The number of benzene rings is 1. The molecule has 0 unspecified atom stereocenters. The minimum atomic E-state index is -0.222. The summed E-state index contributed by atoms with van der Waals surface area (Å²) in [5.41, 5.74) is 0.677. The lowest BCUT2D eigenvalue weighted by Crippen LogP contribution is -2.37. The van der Waals surface area contributed by atoms with E-state index < -0.39 is 0 Å². The molecule has 124 valence electrons. The Morgan fingerprint density at radius 3 is 2.88 bits per heavy atom. The molecule has 8 heteroatoms. The van der Waals surface area contributed by atoms with Crippen LogP contribution in [0.15, 0.2) is 33.5 Å². The SMILES string of the molecule is O=c1cc(N2CCOCC2)nc(Cc2nc3c(O)cccc3o2)[nH]1. The number of morpholine rings is 1. The van der Waals surface area contributed by atoms with E-state index >= 15 is 0 Å². The summed E-state index contributed by atoms with van der Waals surface area (Å²) in [5.74, 6) is 1.53. The zero-order chi connectivity index (χ0) is 16.5. The average molecular weight is 328 g/mol. The van der Waals surface area contributed by atoms with E-state index in [0.29, 0.717) is 54.9 Å². The van der Waals surface area contributed by atoms with E-state index in [2.05, 4.69) is 15.0 Å². The van der Waals surface area contributed by atoms with Gasteiger partial charge in [0.15, 0.2) is 11.1 Å².